The summed E-state index contributed by atoms with van der Waals surface area (Å²) in [4.78, 5) is 16.6. The van der Waals surface area contributed by atoms with Gasteiger partial charge in [0, 0.05) is 18.8 Å². The van der Waals surface area contributed by atoms with Crippen molar-refractivity contribution in [1.82, 2.24) is 15.0 Å². The van der Waals surface area contributed by atoms with Gasteiger partial charge in [0.15, 0.2) is 0 Å². The lowest BCUT2D eigenvalue weighted by Crippen LogP contribution is -2.32. The van der Waals surface area contributed by atoms with Gasteiger partial charge in [-0.15, -0.1) is 11.8 Å². The predicted octanol–water partition coefficient (Wildman–Crippen LogP) is 2.56. The van der Waals surface area contributed by atoms with E-state index in [1.165, 1.54) is 11.8 Å². The van der Waals surface area contributed by atoms with Crippen LogP contribution in [0.4, 0.5) is 0 Å². The first kappa shape index (κ1) is 20.4. The van der Waals surface area contributed by atoms with Crippen molar-refractivity contribution < 1.29 is 13.2 Å². The van der Waals surface area contributed by atoms with Crippen molar-refractivity contribution in [2.75, 3.05) is 6.26 Å². The molecule has 8 heteroatoms. The molecule has 2 N–H and O–H groups in total. The molecule has 0 unspecified atom stereocenters. The molecule has 0 atom stereocenters. The number of pyridine rings is 1. The maximum absolute atomic E-state index is 12.4. The van der Waals surface area contributed by atoms with Gasteiger partial charge in [0.25, 0.3) is 5.91 Å². The number of carbonyl (C=O) groups is 1. The second-order valence-corrected chi connectivity index (χ2v) is 8.59. The number of aromatic nitrogens is 1. The molecule has 1 heterocycles. The standard InChI is InChI=1S/C18H23N3O3S2/c1-13(2)21-26(23,24)12-15-8-5-4-7-14(15)11-20-17(22)16-9-6-10-19-18(16)25-3/h4-10,13,21H,11-12H2,1-3H3,(H,20,22). The zero-order chi connectivity index (χ0) is 19.2. The minimum atomic E-state index is -3.43. The number of nitrogens with one attached hydrogen (secondary N) is 2. The molecule has 2 rings (SSSR count). The summed E-state index contributed by atoms with van der Waals surface area (Å²) in [5.74, 6) is -0.361. The molecule has 0 bridgehead atoms. The van der Waals surface area contributed by atoms with Crippen LogP contribution in [0.15, 0.2) is 47.6 Å². The van der Waals surface area contributed by atoms with Crippen LogP contribution in [-0.2, 0) is 22.3 Å². The average molecular weight is 394 g/mol. The first-order valence-electron chi connectivity index (χ1n) is 8.16. The van der Waals surface area contributed by atoms with Crippen molar-refractivity contribution in [2.45, 2.75) is 37.2 Å². The first-order valence-corrected chi connectivity index (χ1v) is 11.0. The number of thioether (sulfide) groups is 1. The van der Waals surface area contributed by atoms with Crippen LogP contribution in [0, 0.1) is 0 Å². The van der Waals surface area contributed by atoms with Gasteiger partial charge in [-0.05, 0) is 43.4 Å². The first-order chi connectivity index (χ1) is 12.3. The van der Waals surface area contributed by atoms with Crippen molar-refractivity contribution in [3.05, 3.63) is 59.3 Å². The molecule has 1 aromatic heterocycles. The number of carbonyl (C=O) groups excluding carboxylic acids is 1. The van der Waals surface area contributed by atoms with Gasteiger partial charge in [0.1, 0.15) is 5.03 Å². The minimum absolute atomic E-state index is 0.125. The Labute approximate surface area is 158 Å². The summed E-state index contributed by atoms with van der Waals surface area (Å²) in [7, 11) is -3.43. The fraction of sp³-hybridized carbons (Fsp3) is 0.333. The number of nitrogens with zero attached hydrogens (tertiary/aromatic N) is 1. The molecular weight excluding hydrogens is 370 g/mol. The van der Waals surface area contributed by atoms with Crippen molar-refractivity contribution in [3.8, 4) is 0 Å². The van der Waals surface area contributed by atoms with E-state index in [9.17, 15) is 13.2 Å². The molecular formula is C18H23N3O3S2. The summed E-state index contributed by atoms with van der Waals surface area (Å²) in [6.07, 6.45) is 3.51. The maximum atomic E-state index is 12.4. The highest BCUT2D eigenvalue weighted by Crippen LogP contribution is 2.17. The van der Waals surface area contributed by atoms with Gasteiger partial charge in [-0.1, -0.05) is 24.3 Å². The van der Waals surface area contributed by atoms with Crippen LogP contribution in [-0.4, -0.2) is 31.6 Å². The normalized spacial score (nSPS) is 11.5. The third-order valence-electron chi connectivity index (χ3n) is 3.53. The Morgan fingerprint density at radius 3 is 2.50 bits per heavy atom. The predicted molar refractivity (Wildman–Crippen MR) is 105 cm³/mol. The van der Waals surface area contributed by atoms with Crippen LogP contribution in [0.2, 0.25) is 0 Å². The number of hydrogen-bond acceptors (Lipinski definition) is 5. The van der Waals surface area contributed by atoms with E-state index in [0.717, 1.165) is 5.56 Å². The van der Waals surface area contributed by atoms with Gasteiger partial charge in [-0.2, -0.15) is 0 Å². The number of benzene rings is 1. The molecule has 0 saturated carbocycles. The van der Waals surface area contributed by atoms with Gasteiger partial charge >= 0.3 is 0 Å². The van der Waals surface area contributed by atoms with Crippen LogP contribution in [0.25, 0.3) is 0 Å². The quantitative estimate of drug-likeness (QED) is 0.673. The van der Waals surface area contributed by atoms with E-state index in [1.54, 1.807) is 44.3 Å². The van der Waals surface area contributed by atoms with E-state index in [-0.39, 0.29) is 24.2 Å². The molecule has 0 aliphatic carbocycles. The number of rotatable bonds is 8. The smallest absolute Gasteiger partial charge is 0.254 e. The van der Waals surface area contributed by atoms with Crippen molar-refractivity contribution in [2.24, 2.45) is 0 Å². The molecule has 140 valence electrons. The highest BCUT2D eigenvalue weighted by Gasteiger charge is 2.16. The Bertz CT molecular complexity index is 867. The Balaban J connectivity index is 2.12. The van der Waals surface area contributed by atoms with E-state index in [2.05, 4.69) is 15.0 Å². The van der Waals surface area contributed by atoms with Crippen LogP contribution < -0.4 is 10.0 Å². The number of amides is 1. The summed E-state index contributed by atoms with van der Waals surface area (Å²) in [6.45, 7) is 3.80. The van der Waals surface area contributed by atoms with Crippen LogP contribution in [0.3, 0.4) is 0 Å². The lowest BCUT2D eigenvalue weighted by atomic mass is 10.1. The van der Waals surface area contributed by atoms with Gasteiger partial charge < -0.3 is 5.32 Å². The molecule has 1 amide bonds. The van der Waals surface area contributed by atoms with Gasteiger partial charge in [-0.3, -0.25) is 4.79 Å². The van der Waals surface area contributed by atoms with E-state index in [0.29, 0.717) is 16.2 Å². The zero-order valence-corrected chi connectivity index (χ0v) is 16.7. The molecule has 0 fully saturated rings. The summed E-state index contributed by atoms with van der Waals surface area (Å²) in [6, 6.07) is 10.5. The second kappa shape index (κ2) is 9.16. The lowest BCUT2D eigenvalue weighted by Gasteiger charge is -2.13. The Morgan fingerprint density at radius 2 is 1.85 bits per heavy atom. The second-order valence-electron chi connectivity index (χ2n) is 6.04. The maximum Gasteiger partial charge on any atom is 0.254 e. The number of hydrogen-bond donors (Lipinski definition) is 2. The summed E-state index contributed by atoms with van der Waals surface area (Å²) in [5.41, 5.74) is 1.94. The molecule has 0 aliphatic rings. The van der Waals surface area contributed by atoms with E-state index >= 15 is 0 Å². The fourth-order valence-corrected chi connectivity index (χ4v) is 4.51. The average Bonchev–Trinajstić information content (AvgIpc) is 2.59. The Hall–Kier alpha value is -1.90. The van der Waals surface area contributed by atoms with Crippen molar-refractivity contribution in [1.29, 1.82) is 0 Å². The summed E-state index contributed by atoms with van der Waals surface area (Å²) >= 11 is 1.40. The van der Waals surface area contributed by atoms with Gasteiger partial charge in [0.05, 0.1) is 11.3 Å². The summed E-state index contributed by atoms with van der Waals surface area (Å²) < 4.78 is 27.0. The molecule has 1 aromatic carbocycles. The van der Waals surface area contributed by atoms with E-state index < -0.39 is 10.0 Å². The zero-order valence-electron chi connectivity index (χ0n) is 15.0. The summed E-state index contributed by atoms with van der Waals surface area (Å²) in [5, 5.41) is 3.50. The van der Waals surface area contributed by atoms with E-state index in [1.807, 2.05) is 18.4 Å². The van der Waals surface area contributed by atoms with Crippen molar-refractivity contribution in [3.63, 3.8) is 0 Å². The highest BCUT2D eigenvalue weighted by atomic mass is 32.2. The third-order valence-corrected chi connectivity index (χ3v) is 5.76. The van der Waals surface area contributed by atoms with Crippen LogP contribution >= 0.6 is 11.8 Å². The van der Waals surface area contributed by atoms with Crippen LogP contribution in [0.1, 0.15) is 35.3 Å². The number of sulfonamides is 1. The molecule has 0 aliphatic heterocycles. The Kier molecular flexibility index (Phi) is 7.19. The molecule has 0 saturated heterocycles. The molecule has 0 radical (unpaired) electrons. The lowest BCUT2D eigenvalue weighted by molar-refractivity contribution is 0.0947. The monoisotopic (exact) mass is 393 g/mol. The molecule has 2 aromatic rings. The minimum Gasteiger partial charge on any atom is -0.348 e. The molecule has 26 heavy (non-hydrogen) atoms. The van der Waals surface area contributed by atoms with Gasteiger partial charge in [0.2, 0.25) is 10.0 Å². The molecule has 6 nitrogen and oxygen atoms in total. The van der Waals surface area contributed by atoms with Gasteiger partial charge in [-0.25, -0.2) is 18.1 Å². The topological polar surface area (TPSA) is 88.2 Å². The largest absolute Gasteiger partial charge is 0.348 e. The van der Waals surface area contributed by atoms with Crippen LogP contribution in [0.5, 0.6) is 0 Å². The SMILES string of the molecule is CSc1ncccc1C(=O)NCc1ccccc1CS(=O)(=O)NC(C)C. The third kappa shape index (κ3) is 5.82. The van der Waals surface area contributed by atoms with Crippen molar-refractivity contribution >= 4 is 27.7 Å². The Morgan fingerprint density at radius 1 is 1.15 bits per heavy atom. The molecule has 0 spiro atoms. The fourth-order valence-electron chi connectivity index (χ4n) is 2.47. The van der Waals surface area contributed by atoms with E-state index in [4.69, 9.17) is 0 Å². The highest BCUT2D eigenvalue weighted by molar-refractivity contribution is 7.98.